The summed E-state index contributed by atoms with van der Waals surface area (Å²) in [5.74, 6) is 0.163. The van der Waals surface area contributed by atoms with Gasteiger partial charge in [0, 0.05) is 68.4 Å². The van der Waals surface area contributed by atoms with Crippen molar-refractivity contribution in [3.8, 4) is 11.1 Å². The smallest absolute Gasteiger partial charge is 0.219 e. The maximum atomic E-state index is 13.3. The maximum Gasteiger partial charge on any atom is 0.219 e. The lowest BCUT2D eigenvalue weighted by Crippen LogP contribution is -2.33. The lowest BCUT2D eigenvalue weighted by molar-refractivity contribution is -0.401. The topological polar surface area (TPSA) is 35.4 Å². The summed E-state index contributed by atoms with van der Waals surface area (Å²) < 4.78 is 4.56. The minimum Gasteiger partial charge on any atom is -0.356 e. The van der Waals surface area contributed by atoms with Gasteiger partial charge in [-0.2, -0.15) is 4.58 Å². The zero-order valence-corrected chi connectivity index (χ0v) is 38.0. The van der Waals surface area contributed by atoms with Gasteiger partial charge in [0.1, 0.15) is 7.05 Å². The Morgan fingerprint density at radius 2 is 1.39 bits per heavy atom. The number of nitrogens with zero attached hydrogens (tertiary/aromatic N) is 2. The van der Waals surface area contributed by atoms with Crippen LogP contribution in [-0.4, -0.2) is 36.3 Å². The lowest BCUT2D eigenvalue weighted by atomic mass is 9.71. The van der Waals surface area contributed by atoms with Crippen LogP contribution in [0.5, 0.6) is 0 Å². The van der Waals surface area contributed by atoms with E-state index in [1.54, 1.807) is 0 Å². The van der Waals surface area contributed by atoms with E-state index in [4.69, 9.17) is 0 Å². The van der Waals surface area contributed by atoms with Crippen molar-refractivity contribution < 1.29 is 9.37 Å². The summed E-state index contributed by atoms with van der Waals surface area (Å²) >= 11 is 7.57. The van der Waals surface area contributed by atoms with E-state index in [1.807, 2.05) is 0 Å². The van der Waals surface area contributed by atoms with Crippen molar-refractivity contribution in [2.75, 3.05) is 25.0 Å². The Kier molecular flexibility index (Phi) is 12.5. The van der Waals surface area contributed by atoms with Gasteiger partial charge in [-0.25, -0.2) is 0 Å². The van der Waals surface area contributed by atoms with Crippen LogP contribution in [0.2, 0.25) is 0 Å². The van der Waals surface area contributed by atoms with Gasteiger partial charge in [-0.1, -0.05) is 139 Å². The Hall–Kier alpha value is -3.74. The molecule has 0 fully saturated rings. The van der Waals surface area contributed by atoms with Crippen molar-refractivity contribution in [1.82, 2.24) is 5.32 Å². The van der Waals surface area contributed by atoms with Crippen molar-refractivity contribution in [2.45, 2.75) is 115 Å². The largest absolute Gasteiger partial charge is 0.356 e. The molecule has 1 N–H and O–H groups in total. The zero-order valence-electron chi connectivity index (χ0n) is 34.9. The van der Waals surface area contributed by atoms with Gasteiger partial charge in [0.05, 0.1) is 5.41 Å². The molecule has 4 aromatic rings. The van der Waals surface area contributed by atoms with Crippen LogP contribution in [0.4, 0.5) is 11.4 Å². The summed E-state index contributed by atoms with van der Waals surface area (Å²) in [6.07, 6.45) is 17.2. The summed E-state index contributed by atoms with van der Waals surface area (Å²) in [4.78, 5) is 15.9. The van der Waals surface area contributed by atoms with Crippen LogP contribution in [0.3, 0.4) is 0 Å². The number of allylic oxidation sites excluding steroid dienone is 4. The van der Waals surface area contributed by atoms with Crippen molar-refractivity contribution in [2.24, 2.45) is 0 Å². The molecule has 57 heavy (non-hydrogen) atoms. The number of hydrogen-bond donors (Lipinski definition) is 1. The molecule has 4 nitrogen and oxygen atoms in total. The summed E-state index contributed by atoms with van der Waals surface area (Å²) in [6, 6.07) is 31.1. The third kappa shape index (κ3) is 8.02. The van der Waals surface area contributed by atoms with E-state index < -0.39 is 0 Å². The average Bonchev–Trinajstić information content (AvgIpc) is 3.66. The van der Waals surface area contributed by atoms with Crippen LogP contribution in [-0.2, 0) is 21.0 Å². The molecule has 0 atom stereocenters. The van der Waals surface area contributed by atoms with Gasteiger partial charge in [0.2, 0.25) is 11.6 Å². The second-order valence-electron chi connectivity index (χ2n) is 17.5. The summed E-state index contributed by atoms with van der Waals surface area (Å²) in [5, 5.41) is 3.36. The van der Waals surface area contributed by atoms with Crippen LogP contribution in [0, 0.1) is 0 Å². The first-order chi connectivity index (χ1) is 27.4. The number of rotatable bonds is 16. The Morgan fingerprint density at radius 3 is 2.07 bits per heavy atom. The first kappa shape index (κ1) is 41.4. The number of carbonyl (C=O) groups is 1. The zero-order chi connectivity index (χ0) is 40.4. The Morgan fingerprint density at radius 1 is 0.737 bits per heavy atom. The predicted octanol–water partition coefficient (Wildman–Crippen LogP) is 13.5. The molecule has 0 unspecified atom stereocenters. The molecule has 0 radical (unpaired) electrons. The van der Waals surface area contributed by atoms with Crippen LogP contribution in [0.1, 0.15) is 121 Å². The second-order valence-corrected chi connectivity index (χ2v) is 19.3. The van der Waals surface area contributed by atoms with E-state index in [-0.39, 0.29) is 22.2 Å². The first-order valence-electron chi connectivity index (χ1n) is 21.2. The number of amides is 1. The van der Waals surface area contributed by atoms with Crippen LogP contribution < -0.4 is 10.2 Å². The lowest BCUT2D eigenvalue weighted by Gasteiger charge is -2.33. The molecule has 1 amide bonds. The molecule has 4 aromatic carbocycles. The number of anilines is 1. The third-order valence-corrected chi connectivity index (χ3v) is 14.1. The number of nitrogens with one attached hydrogen (secondary N) is 1. The number of para-hydroxylation sites is 2. The number of fused-ring (bicyclic) bond motifs is 5. The molecular formula is C51H60Br2N3O+. The van der Waals surface area contributed by atoms with Crippen molar-refractivity contribution in [1.29, 1.82) is 0 Å². The van der Waals surface area contributed by atoms with E-state index in [0.29, 0.717) is 13.0 Å². The molecule has 3 aliphatic rings. The van der Waals surface area contributed by atoms with Gasteiger partial charge < -0.3 is 10.2 Å². The van der Waals surface area contributed by atoms with Crippen molar-refractivity contribution in [3.05, 3.63) is 140 Å². The number of hydrogen-bond acceptors (Lipinski definition) is 2. The highest BCUT2D eigenvalue weighted by Crippen LogP contribution is 2.54. The van der Waals surface area contributed by atoms with E-state index >= 15 is 0 Å². The first-order valence-corrected chi connectivity index (χ1v) is 22.8. The fourth-order valence-electron chi connectivity index (χ4n) is 10.1. The fourth-order valence-corrected chi connectivity index (χ4v) is 10.8. The number of benzene rings is 4. The summed E-state index contributed by atoms with van der Waals surface area (Å²) in [7, 11) is 2.18. The van der Waals surface area contributed by atoms with Crippen LogP contribution in [0.15, 0.2) is 118 Å². The van der Waals surface area contributed by atoms with Gasteiger partial charge in [-0.3, -0.25) is 4.79 Å². The van der Waals surface area contributed by atoms with E-state index in [1.165, 1.54) is 81.8 Å². The number of halogens is 2. The van der Waals surface area contributed by atoms with Gasteiger partial charge in [-0.15, -0.1) is 0 Å². The molecule has 6 heteroatoms. The monoisotopic (exact) mass is 888 g/mol. The Balaban J connectivity index is 0.977. The molecule has 298 valence electrons. The van der Waals surface area contributed by atoms with Crippen LogP contribution in [0.25, 0.3) is 11.1 Å². The summed E-state index contributed by atoms with van der Waals surface area (Å²) in [5.41, 5.74) is 13.1. The molecule has 0 aromatic heterocycles. The number of carbonyl (C=O) groups excluding carboxylic acids is 1. The normalized spacial score (nSPS) is 17.6. The van der Waals surface area contributed by atoms with Crippen molar-refractivity contribution >= 4 is 54.9 Å². The maximum absolute atomic E-state index is 13.3. The predicted molar refractivity (Wildman–Crippen MR) is 247 cm³/mol. The van der Waals surface area contributed by atoms with Crippen LogP contribution >= 0.6 is 31.9 Å². The molecule has 2 heterocycles. The minimum absolute atomic E-state index is 0.0572. The van der Waals surface area contributed by atoms with Gasteiger partial charge in [-0.05, 0) is 104 Å². The molecular weight excluding hydrogens is 830 g/mol. The molecule has 0 saturated heterocycles. The SMILES string of the molecule is CCCCCCC1(CCNC(=O)CCCCCN2C(=CC=CC3=[N+](C)c4ccccc4C3(C)C)C(C)(C)c3ccccc32)c2cc(Br)ccc2-c2ccc(Br)cc21. The molecule has 0 saturated carbocycles. The minimum atomic E-state index is -0.119. The van der Waals surface area contributed by atoms with E-state index in [9.17, 15) is 4.79 Å². The highest BCUT2D eigenvalue weighted by molar-refractivity contribution is 9.10. The Bertz CT molecular complexity index is 2180. The molecule has 1 aliphatic carbocycles. The fraction of sp³-hybridized carbons (Fsp3) is 0.412. The van der Waals surface area contributed by atoms with Gasteiger partial charge >= 0.3 is 0 Å². The van der Waals surface area contributed by atoms with Crippen molar-refractivity contribution in [3.63, 3.8) is 0 Å². The van der Waals surface area contributed by atoms with E-state index in [2.05, 4.69) is 191 Å². The standard InChI is InChI=1S/C51H59Br2N3O/c1-7-8-9-16-30-51(42-34-36(52)26-28-38(42)39-29-27-37(53)35-43(39)51)31-32-54-48(57)25-11-10-17-33-56-45-22-15-13-20-41(45)50(4,5)47(56)24-18-23-46-49(2,3)40-19-12-14-21-44(40)55(46)6/h12-15,18-24,26-29,34-35H,7-11,16-17,25,30-33H2,1-6H3/p+1. The molecule has 2 aliphatic heterocycles. The number of unbranched alkanes of at least 4 members (excludes halogenated alkanes) is 5. The average molecular weight is 891 g/mol. The summed E-state index contributed by atoms with van der Waals surface area (Å²) in [6.45, 7) is 13.2. The van der Waals surface area contributed by atoms with Gasteiger partial charge in [0.25, 0.3) is 0 Å². The second kappa shape index (κ2) is 17.2. The van der Waals surface area contributed by atoms with E-state index in [0.717, 1.165) is 47.6 Å². The highest BCUT2D eigenvalue weighted by Gasteiger charge is 2.44. The van der Waals surface area contributed by atoms with Gasteiger partial charge in [0.15, 0.2) is 5.71 Å². The Labute approximate surface area is 358 Å². The molecule has 0 bridgehead atoms. The highest BCUT2D eigenvalue weighted by atomic mass is 79.9. The molecule has 0 spiro atoms. The third-order valence-electron chi connectivity index (χ3n) is 13.1. The molecule has 7 rings (SSSR count). The quantitative estimate of drug-likeness (QED) is 0.0899.